The lowest BCUT2D eigenvalue weighted by molar-refractivity contribution is -0.138. The third-order valence-corrected chi connectivity index (χ3v) is 10.7. The molecule has 1 N–H and O–H groups in total. The van der Waals surface area contributed by atoms with Gasteiger partial charge < -0.3 is 19.5 Å². The average Bonchev–Trinajstić information content (AvgIpc) is 3.57. The van der Waals surface area contributed by atoms with E-state index in [1.54, 1.807) is 7.11 Å². The summed E-state index contributed by atoms with van der Waals surface area (Å²) in [5.41, 5.74) is 1.91. The van der Waals surface area contributed by atoms with Crippen molar-refractivity contribution in [1.29, 1.82) is 0 Å². The molecular formula is C35H39F3N2O4. The fraction of sp³-hybridized carbons (Fsp3) is 0.571. The largest absolute Gasteiger partial charge is 0.493 e. The summed E-state index contributed by atoms with van der Waals surface area (Å²) >= 11 is 0. The molecule has 234 valence electrons. The molecule has 2 heterocycles. The van der Waals surface area contributed by atoms with Crippen LogP contribution in [0.15, 0.2) is 36.4 Å². The van der Waals surface area contributed by atoms with E-state index in [1.165, 1.54) is 23.3 Å². The zero-order valence-corrected chi connectivity index (χ0v) is 25.4. The summed E-state index contributed by atoms with van der Waals surface area (Å²) in [5.74, 6) is 7.67. The number of hydrogen-bond acceptors (Lipinski definition) is 5. The molecule has 9 heteroatoms. The predicted octanol–water partition coefficient (Wildman–Crippen LogP) is 5.04. The van der Waals surface area contributed by atoms with Crippen molar-refractivity contribution in [3.05, 3.63) is 58.7 Å². The van der Waals surface area contributed by atoms with Crippen LogP contribution in [0.4, 0.5) is 13.2 Å². The standard InChI is InChI=1S/C35H39F3N2O4/c1-20(2)18-40(30(42)13-6-21-4-8-24(9-5-21)35(36,37)38)26-11-10-25-27-16-22-7-12-29(43-3)32-31(22)34(25,33(26)44-32)14-15-39(27)19-23-17-28(23)41/h4-5,7-9,12,20,23,25-28,33,41H,10-11,14-19H2,1-3H3/t23?,25-,26-,27+,28?,33-,34-/m0/s1. The van der Waals surface area contributed by atoms with Gasteiger partial charge in [0.05, 0.1) is 24.8 Å². The summed E-state index contributed by atoms with van der Waals surface area (Å²) in [6.45, 7) is 6.48. The van der Waals surface area contributed by atoms with E-state index in [2.05, 4.69) is 36.7 Å². The number of amides is 1. The lowest BCUT2D eigenvalue weighted by atomic mass is 9.51. The maximum Gasteiger partial charge on any atom is 0.416 e. The van der Waals surface area contributed by atoms with Crippen molar-refractivity contribution in [3.8, 4) is 23.3 Å². The van der Waals surface area contributed by atoms with Gasteiger partial charge in [-0.3, -0.25) is 9.69 Å². The molecule has 7 rings (SSSR count). The van der Waals surface area contributed by atoms with E-state index in [0.717, 1.165) is 68.8 Å². The Kier molecular flexibility index (Phi) is 7.17. The molecule has 1 saturated heterocycles. The Balaban J connectivity index is 1.23. The Morgan fingerprint density at radius 1 is 1.20 bits per heavy atom. The number of halogens is 3. The predicted molar refractivity (Wildman–Crippen MR) is 158 cm³/mol. The van der Waals surface area contributed by atoms with E-state index < -0.39 is 11.7 Å². The second-order valence-electron chi connectivity index (χ2n) is 13.7. The number of ether oxygens (including phenoxy) is 2. The van der Waals surface area contributed by atoms with Gasteiger partial charge in [0.15, 0.2) is 11.5 Å². The van der Waals surface area contributed by atoms with Crippen LogP contribution in [-0.4, -0.2) is 71.8 Å². The van der Waals surface area contributed by atoms with E-state index in [9.17, 15) is 23.1 Å². The topological polar surface area (TPSA) is 62.2 Å². The van der Waals surface area contributed by atoms with Crippen LogP contribution in [-0.2, 0) is 22.8 Å². The molecule has 5 aliphatic rings. The zero-order chi connectivity index (χ0) is 31.0. The number of carbonyl (C=O) groups excluding carboxylic acids is 1. The number of nitrogens with zero attached hydrogens (tertiary/aromatic N) is 2. The maximum atomic E-state index is 13.9. The van der Waals surface area contributed by atoms with Crippen LogP contribution in [0.5, 0.6) is 11.5 Å². The second-order valence-corrected chi connectivity index (χ2v) is 13.7. The quantitative estimate of drug-likeness (QED) is 0.466. The molecular weight excluding hydrogens is 569 g/mol. The third-order valence-electron chi connectivity index (χ3n) is 10.7. The van der Waals surface area contributed by atoms with Crippen molar-refractivity contribution in [1.82, 2.24) is 9.80 Å². The van der Waals surface area contributed by atoms with E-state index in [1.807, 2.05) is 11.0 Å². The fourth-order valence-electron chi connectivity index (χ4n) is 8.73. The molecule has 7 atom stereocenters. The van der Waals surface area contributed by atoms with Gasteiger partial charge in [0.2, 0.25) is 0 Å². The first kappa shape index (κ1) is 29.5. The minimum atomic E-state index is -4.43. The summed E-state index contributed by atoms with van der Waals surface area (Å²) in [6, 6.07) is 8.92. The Morgan fingerprint density at radius 2 is 1.95 bits per heavy atom. The third kappa shape index (κ3) is 4.76. The number of hydrogen-bond donors (Lipinski definition) is 1. The van der Waals surface area contributed by atoms with Crippen LogP contribution in [0.25, 0.3) is 0 Å². The van der Waals surface area contributed by atoms with E-state index >= 15 is 0 Å². The number of likely N-dealkylation sites (tertiary alicyclic amines) is 1. The molecule has 2 saturated carbocycles. The van der Waals surface area contributed by atoms with Crippen LogP contribution in [0.1, 0.15) is 61.8 Å². The lowest BCUT2D eigenvalue weighted by Gasteiger charge is -2.60. The lowest BCUT2D eigenvalue weighted by Crippen LogP contribution is -2.69. The van der Waals surface area contributed by atoms with Crippen LogP contribution >= 0.6 is 0 Å². The van der Waals surface area contributed by atoms with Gasteiger partial charge in [-0.2, -0.15) is 13.2 Å². The normalized spacial score (nSPS) is 31.5. The number of carbonyl (C=O) groups is 1. The SMILES string of the molecule is COc1ccc2c3c1O[C@H]1[C@@H](N(CC(C)C)C(=O)C#Cc4ccc(C(F)(F)F)cc4)CC[C@H]4[C@@H](C2)N(CC2CC2O)CC[C@@]341. The molecule has 6 nitrogen and oxygen atoms in total. The van der Waals surface area contributed by atoms with Crippen LogP contribution in [0.3, 0.4) is 0 Å². The van der Waals surface area contributed by atoms with Crippen molar-refractivity contribution < 1.29 is 32.5 Å². The molecule has 1 spiro atoms. The van der Waals surface area contributed by atoms with E-state index in [4.69, 9.17) is 9.47 Å². The smallest absolute Gasteiger partial charge is 0.416 e. The molecule has 3 aliphatic carbocycles. The highest BCUT2D eigenvalue weighted by molar-refractivity contribution is 5.94. The highest BCUT2D eigenvalue weighted by Gasteiger charge is 2.67. The Labute approximate surface area is 256 Å². The number of alkyl halides is 3. The summed E-state index contributed by atoms with van der Waals surface area (Å²) in [6.07, 6.45) is -0.411. The number of benzene rings is 2. The number of aliphatic hydroxyl groups is 1. The van der Waals surface area contributed by atoms with Crippen molar-refractivity contribution in [2.75, 3.05) is 26.7 Å². The number of rotatable bonds is 6. The van der Waals surface area contributed by atoms with Gasteiger partial charge in [0, 0.05) is 47.5 Å². The molecule has 44 heavy (non-hydrogen) atoms. The Morgan fingerprint density at radius 3 is 2.61 bits per heavy atom. The van der Waals surface area contributed by atoms with E-state index in [-0.39, 0.29) is 35.5 Å². The van der Waals surface area contributed by atoms with Gasteiger partial charge in [-0.05, 0) is 86.4 Å². The Hall–Kier alpha value is -3.22. The molecule has 0 aromatic heterocycles. The van der Waals surface area contributed by atoms with Crippen molar-refractivity contribution in [3.63, 3.8) is 0 Å². The molecule has 2 aliphatic heterocycles. The summed E-state index contributed by atoms with van der Waals surface area (Å²) in [5, 5.41) is 10.1. The van der Waals surface area contributed by atoms with Gasteiger partial charge in [0.25, 0.3) is 5.91 Å². The number of aliphatic hydroxyl groups excluding tert-OH is 1. The first-order valence-electron chi connectivity index (χ1n) is 15.8. The zero-order valence-electron chi connectivity index (χ0n) is 25.4. The van der Waals surface area contributed by atoms with Crippen LogP contribution in [0, 0.1) is 29.6 Å². The van der Waals surface area contributed by atoms with Gasteiger partial charge in [-0.15, -0.1) is 0 Å². The molecule has 0 radical (unpaired) electrons. The monoisotopic (exact) mass is 608 g/mol. The maximum absolute atomic E-state index is 13.9. The van der Waals surface area contributed by atoms with Crippen molar-refractivity contribution >= 4 is 5.91 Å². The first-order valence-corrected chi connectivity index (χ1v) is 15.8. The van der Waals surface area contributed by atoms with Gasteiger partial charge in [-0.25, -0.2) is 0 Å². The van der Waals surface area contributed by atoms with Gasteiger partial charge in [-0.1, -0.05) is 25.8 Å². The summed E-state index contributed by atoms with van der Waals surface area (Å²) in [4.78, 5) is 18.3. The molecule has 2 aromatic rings. The van der Waals surface area contributed by atoms with Gasteiger partial charge >= 0.3 is 6.18 Å². The fourth-order valence-corrected chi connectivity index (χ4v) is 8.73. The Bertz CT molecular complexity index is 1510. The highest BCUT2D eigenvalue weighted by Crippen LogP contribution is 2.64. The van der Waals surface area contributed by atoms with Crippen LogP contribution < -0.4 is 9.47 Å². The van der Waals surface area contributed by atoms with Crippen molar-refractivity contribution in [2.45, 2.75) is 81.8 Å². The molecule has 1 amide bonds. The molecule has 2 bridgehead atoms. The minimum Gasteiger partial charge on any atom is -0.493 e. The number of piperidine rings is 1. The molecule has 2 aromatic carbocycles. The molecule has 2 unspecified atom stereocenters. The minimum absolute atomic E-state index is 0.182. The summed E-state index contributed by atoms with van der Waals surface area (Å²) < 4.78 is 51.8. The van der Waals surface area contributed by atoms with Crippen molar-refractivity contribution in [2.24, 2.45) is 17.8 Å². The second kappa shape index (κ2) is 10.7. The average molecular weight is 609 g/mol. The summed E-state index contributed by atoms with van der Waals surface area (Å²) in [7, 11) is 1.66. The van der Waals surface area contributed by atoms with E-state index in [0.29, 0.717) is 30.0 Å². The van der Waals surface area contributed by atoms with Crippen LogP contribution in [0.2, 0.25) is 0 Å². The molecule has 3 fully saturated rings. The van der Waals surface area contributed by atoms with Gasteiger partial charge in [0.1, 0.15) is 6.10 Å². The highest BCUT2D eigenvalue weighted by atomic mass is 19.4. The first-order chi connectivity index (χ1) is 21.0. The number of methoxy groups -OCH3 is 1.